The summed E-state index contributed by atoms with van der Waals surface area (Å²) in [7, 11) is 5.59. The molecule has 0 unspecified atom stereocenters. The molecule has 3 N–H and O–H groups in total. The van der Waals surface area contributed by atoms with Crippen molar-refractivity contribution in [3.63, 3.8) is 0 Å². The van der Waals surface area contributed by atoms with E-state index in [1.54, 1.807) is 14.2 Å². The lowest BCUT2D eigenvalue weighted by atomic mass is 10.1. The number of hydrogen-bond donors (Lipinski definition) is 3. The number of guanidine groups is 1. The summed E-state index contributed by atoms with van der Waals surface area (Å²) in [5.74, 6) is 0.724. The number of nitrogens with one attached hydrogen (secondary N) is 3. The second-order valence-electron chi connectivity index (χ2n) is 6.06. The number of aliphatic imine (C=N–C) groups is 1. The Morgan fingerprint density at radius 3 is 2.44 bits per heavy atom. The third-order valence-electron chi connectivity index (χ3n) is 3.91. The number of rotatable bonds is 11. The molecule has 1 rings (SSSR count). The van der Waals surface area contributed by atoms with Gasteiger partial charge in [-0.15, -0.1) is 24.0 Å². The normalized spacial score (nSPS) is 11.1. The highest BCUT2D eigenvalue weighted by Crippen LogP contribution is 2.04. The highest BCUT2D eigenvalue weighted by molar-refractivity contribution is 14.0. The van der Waals surface area contributed by atoms with Gasteiger partial charge in [-0.25, -0.2) is 0 Å². The molecule has 0 aliphatic carbocycles. The summed E-state index contributed by atoms with van der Waals surface area (Å²) in [6, 6.07) is 7.59. The van der Waals surface area contributed by atoms with Crippen molar-refractivity contribution in [1.82, 2.24) is 20.9 Å². The van der Waals surface area contributed by atoms with E-state index < -0.39 is 0 Å². The zero-order valence-corrected chi connectivity index (χ0v) is 19.2. The first-order valence-corrected chi connectivity index (χ1v) is 9.09. The van der Waals surface area contributed by atoms with Gasteiger partial charge in [0.15, 0.2) is 5.96 Å². The van der Waals surface area contributed by atoms with Crippen molar-refractivity contribution in [2.75, 3.05) is 54.0 Å². The quantitative estimate of drug-likeness (QED) is 0.190. The van der Waals surface area contributed by atoms with Crippen molar-refractivity contribution in [2.45, 2.75) is 19.9 Å². The molecular weight excluding hydrogens is 457 g/mol. The van der Waals surface area contributed by atoms with E-state index in [9.17, 15) is 4.79 Å². The molecule has 154 valence electrons. The smallest absolute Gasteiger partial charge is 0.251 e. The fourth-order valence-corrected chi connectivity index (χ4v) is 2.40. The summed E-state index contributed by atoms with van der Waals surface area (Å²) < 4.78 is 5.07. The van der Waals surface area contributed by atoms with Gasteiger partial charge in [0.2, 0.25) is 0 Å². The number of amides is 1. The van der Waals surface area contributed by atoms with E-state index in [2.05, 4.69) is 32.9 Å². The second-order valence-corrected chi connectivity index (χ2v) is 6.06. The van der Waals surface area contributed by atoms with Crippen molar-refractivity contribution in [3.8, 4) is 0 Å². The fourth-order valence-electron chi connectivity index (χ4n) is 2.40. The van der Waals surface area contributed by atoms with Crippen LogP contribution < -0.4 is 16.0 Å². The number of halogens is 1. The minimum Gasteiger partial charge on any atom is -0.385 e. The van der Waals surface area contributed by atoms with Crippen molar-refractivity contribution in [3.05, 3.63) is 35.4 Å². The van der Waals surface area contributed by atoms with E-state index >= 15 is 0 Å². The molecule has 0 saturated carbocycles. The Kier molecular flexibility index (Phi) is 14.8. The zero-order chi connectivity index (χ0) is 19.2. The Hall–Kier alpha value is -1.39. The first kappa shape index (κ1) is 25.6. The van der Waals surface area contributed by atoms with E-state index in [1.807, 2.05) is 31.2 Å². The molecule has 0 heterocycles. The molecule has 0 atom stereocenters. The van der Waals surface area contributed by atoms with Gasteiger partial charge in [-0.1, -0.05) is 12.1 Å². The first-order valence-electron chi connectivity index (χ1n) is 9.09. The van der Waals surface area contributed by atoms with Crippen molar-refractivity contribution in [2.24, 2.45) is 4.99 Å². The molecule has 1 amide bonds. The predicted octanol–water partition coefficient (Wildman–Crippen LogP) is 1.69. The lowest BCUT2D eigenvalue weighted by molar-refractivity contribution is 0.0956. The van der Waals surface area contributed by atoms with Crippen LogP contribution >= 0.6 is 24.0 Å². The van der Waals surface area contributed by atoms with E-state index in [-0.39, 0.29) is 29.9 Å². The van der Waals surface area contributed by atoms with E-state index in [1.165, 1.54) is 0 Å². The molecule has 0 aliphatic rings. The zero-order valence-electron chi connectivity index (χ0n) is 16.9. The Labute approximate surface area is 180 Å². The largest absolute Gasteiger partial charge is 0.385 e. The Morgan fingerprint density at radius 2 is 1.85 bits per heavy atom. The molecule has 0 fully saturated rings. The van der Waals surface area contributed by atoms with Gasteiger partial charge in [0.1, 0.15) is 0 Å². The third-order valence-corrected chi connectivity index (χ3v) is 3.91. The standard InChI is InChI=1S/C19H33N5O2.HI/c1-5-21-18(25)17-9-7-16(8-10-17)15-23-19(20-2)22-11-13-24(3)12-6-14-26-4;/h7-10H,5-6,11-15H2,1-4H3,(H,21,25)(H2,20,22,23);1H. The lowest BCUT2D eigenvalue weighted by Crippen LogP contribution is -2.40. The average molecular weight is 491 g/mol. The monoisotopic (exact) mass is 491 g/mol. The minimum absolute atomic E-state index is 0. The number of benzene rings is 1. The summed E-state index contributed by atoms with van der Waals surface area (Å²) in [5.41, 5.74) is 1.77. The molecular formula is C19H34IN5O2. The Bertz CT molecular complexity index is 552. The third kappa shape index (κ3) is 11.1. The van der Waals surface area contributed by atoms with Gasteiger partial charge in [0.25, 0.3) is 5.91 Å². The molecule has 0 radical (unpaired) electrons. The van der Waals surface area contributed by atoms with Crippen LogP contribution in [0, 0.1) is 0 Å². The van der Waals surface area contributed by atoms with Gasteiger partial charge in [0, 0.05) is 59.1 Å². The van der Waals surface area contributed by atoms with Crippen LogP contribution in [-0.2, 0) is 11.3 Å². The maximum Gasteiger partial charge on any atom is 0.251 e. The highest BCUT2D eigenvalue weighted by atomic mass is 127. The Morgan fingerprint density at radius 1 is 1.15 bits per heavy atom. The number of nitrogens with zero attached hydrogens (tertiary/aromatic N) is 2. The van der Waals surface area contributed by atoms with E-state index in [0.717, 1.165) is 44.2 Å². The first-order chi connectivity index (χ1) is 12.6. The molecule has 0 saturated heterocycles. The topological polar surface area (TPSA) is 78.0 Å². The van der Waals surface area contributed by atoms with Crippen molar-refractivity contribution >= 4 is 35.8 Å². The maximum absolute atomic E-state index is 11.8. The molecule has 0 aromatic heterocycles. The maximum atomic E-state index is 11.8. The number of ether oxygens (including phenoxy) is 1. The van der Waals surface area contributed by atoms with E-state index in [4.69, 9.17) is 4.74 Å². The molecule has 1 aromatic carbocycles. The fraction of sp³-hybridized carbons (Fsp3) is 0.579. The molecule has 0 aliphatic heterocycles. The minimum atomic E-state index is -0.0425. The summed E-state index contributed by atoms with van der Waals surface area (Å²) in [5, 5.41) is 9.39. The van der Waals surface area contributed by atoms with Gasteiger partial charge < -0.3 is 25.6 Å². The summed E-state index contributed by atoms with van der Waals surface area (Å²) in [6.45, 7) is 6.75. The van der Waals surface area contributed by atoms with E-state index in [0.29, 0.717) is 18.7 Å². The number of likely N-dealkylation sites (N-methyl/N-ethyl adjacent to an activating group) is 1. The van der Waals surface area contributed by atoms with Gasteiger partial charge in [-0.2, -0.15) is 0 Å². The van der Waals surface area contributed by atoms with Crippen LogP contribution in [-0.4, -0.2) is 70.8 Å². The Balaban J connectivity index is 0.00000676. The molecule has 7 nitrogen and oxygen atoms in total. The van der Waals surface area contributed by atoms with Crippen LogP contribution in [0.2, 0.25) is 0 Å². The predicted molar refractivity (Wildman–Crippen MR) is 122 cm³/mol. The van der Waals surface area contributed by atoms with Crippen LogP contribution in [0.25, 0.3) is 0 Å². The SMILES string of the molecule is CCNC(=O)c1ccc(CNC(=NC)NCCN(C)CCCOC)cc1.I. The van der Waals surface area contributed by atoms with Crippen LogP contribution in [0.1, 0.15) is 29.3 Å². The summed E-state index contributed by atoms with van der Waals surface area (Å²) in [6.07, 6.45) is 1.03. The lowest BCUT2D eigenvalue weighted by Gasteiger charge is -2.18. The second kappa shape index (κ2) is 15.6. The molecule has 0 bridgehead atoms. The molecule has 8 heteroatoms. The number of carbonyl (C=O) groups excluding carboxylic acids is 1. The van der Waals surface area contributed by atoms with Gasteiger partial charge in [-0.3, -0.25) is 9.79 Å². The van der Waals surface area contributed by atoms with Crippen LogP contribution in [0.4, 0.5) is 0 Å². The number of hydrogen-bond acceptors (Lipinski definition) is 4. The van der Waals surface area contributed by atoms with Crippen LogP contribution in [0.15, 0.2) is 29.3 Å². The van der Waals surface area contributed by atoms with Crippen LogP contribution in [0.3, 0.4) is 0 Å². The highest BCUT2D eigenvalue weighted by Gasteiger charge is 2.04. The summed E-state index contributed by atoms with van der Waals surface area (Å²) in [4.78, 5) is 18.3. The number of carbonyl (C=O) groups is 1. The van der Waals surface area contributed by atoms with Crippen molar-refractivity contribution < 1.29 is 9.53 Å². The average Bonchev–Trinajstić information content (AvgIpc) is 2.65. The van der Waals surface area contributed by atoms with Gasteiger partial charge in [-0.05, 0) is 38.1 Å². The van der Waals surface area contributed by atoms with Crippen molar-refractivity contribution in [1.29, 1.82) is 0 Å². The van der Waals surface area contributed by atoms with Gasteiger partial charge in [0.05, 0.1) is 0 Å². The molecule has 1 aromatic rings. The molecule has 0 spiro atoms. The van der Waals surface area contributed by atoms with Gasteiger partial charge >= 0.3 is 0 Å². The number of methoxy groups -OCH3 is 1. The summed E-state index contributed by atoms with van der Waals surface area (Å²) >= 11 is 0. The van der Waals surface area contributed by atoms with Crippen LogP contribution in [0.5, 0.6) is 0 Å². The molecule has 27 heavy (non-hydrogen) atoms.